The van der Waals surface area contributed by atoms with E-state index in [2.05, 4.69) is 44.3 Å². The molecule has 2 aromatic heterocycles. The van der Waals surface area contributed by atoms with Crippen molar-refractivity contribution in [3.05, 3.63) is 47.7 Å². The maximum absolute atomic E-state index is 5.16. The molecule has 1 aromatic carbocycles. The second-order valence-corrected chi connectivity index (χ2v) is 4.60. The molecule has 0 fully saturated rings. The first-order chi connectivity index (χ1) is 9.26. The van der Waals surface area contributed by atoms with Gasteiger partial charge in [0, 0.05) is 18.3 Å². The fraction of sp³-hybridized carbons (Fsp3) is 0.286. The molecule has 5 nitrogen and oxygen atoms in total. The van der Waals surface area contributed by atoms with Crippen LogP contribution in [0.25, 0.3) is 10.9 Å². The van der Waals surface area contributed by atoms with E-state index in [-0.39, 0.29) is 0 Å². The number of aryl methyl sites for hydroxylation is 1. The molecule has 0 saturated heterocycles. The lowest BCUT2D eigenvalue weighted by atomic mass is 10.1. The summed E-state index contributed by atoms with van der Waals surface area (Å²) in [5.41, 5.74) is 2.46. The minimum Gasteiger partial charge on any atom is -0.338 e. The summed E-state index contributed by atoms with van der Waals surface area (Å²) in [6, 6.07) is 8.57. The number of hydrogen-bond acceptors (Lipinski definition) is 4. The third-order valence-corrected chi connectivity index (χ3v) is 3.09. The molecule has 3 aromatic rings. The van der Waals surface area contributed by atoms with Crippen LogP contribution in [0, 0.1) is 6.92 Å². The number of nitrogens with one attached hydrogen (secondary N) is 1. The van der Waals surface area contributed by atoms with Crippen LogP contribution in [0.1, 0.15) is 17.3 Å². The van der Waals surface area contributed by atoms with Gasteiger partial charge in [-0.25, -0.2) is 0 Å². The van der Waals surface area contributed by atoms with Gasteiger partial charge in [-0.1, -0.05) is 11.2 Å². The molecule has 19 heavy (non-hydrogen) atoms. The maximum atomic E-state index is 5.16. The van der Waals surface area contributed by atoms with Crippen molar-refractivity contribution in [2.75, 3.05) is 7.05 Å². The van der Waals surface area contributed by atoms with E-state index in [0.717, 1.165) is 6.54 Å². The van der Waals surface area contributed by atoms with Gasteiger partial charge in [-0.15, -0.1) is 0 Å². The number of aromatic nitrogens is 3. The Balaban J connectivity index is 1.92. The minimum atomic E-state index is 0.607. The number of hydrogen-bond donors (Lipinski definition) is 1. The van der Waals surface area contributed by atoms with Crippen molar-refractivity contribution >= 4 is 10.9 Å². The molecule has 0 saturated carbocycles. The van der Waals surface area contributed by atoms with Gasteiger partial charge in [-0.3, -0.25) is 0 Å². The van der Waals surface area contributed by atoms with Crippen LogP contribution in [-0.4, -0.2) is 21.8 Å². The molecule has 5 heteroatoms. The molecule has 98 valence electrons. The van der Waals surface area contributed by atoms with Gasteiger partial charge in [0.15, 0.2) is 5.82 Å². The van der Waals surface area contributed by atoms with Gasteiger partial charge in [0.1, 0.15) is 6.54 Å². The van der Waals surface area contributed by atoms with Crippen LogP contribution in [0.4, 0.5) is 0 Å². The highest BCUT2D eigenvalue weighted by atomic mass is 16.5. The van der Waals surface area contributed by atoms with E-state index in [4.69, 9.17) is 4.52 Å². The Kier molecular flexibility index (Phi) is 3.05. The molecule has 0 atom stereocenters. The Hall–Kier alpha value is -2.14. The summed E-state index contributed by atoms with van der Waals surface area (Å²) >= 11 is 0. The second kappa shape index (κ2) is 4.85. The zero-order chi connectivity index (χ0) is 13.2. The summed E-state index contributed by atoms with van der Waals surface area (Å²) in [6.07, 6.45) is 2.05. The molecule has 0 unspecified atom stereocenters. The fourth-order valence-corrected chi connectivity index (χ4v) is 2.25. The van der Waals surface area contributed by atoms with Gasteiger partial charge in [0.2, 0.25) is 5.89 Å². The Morgan fingerprint density at radius 3 is 2.95 bits per heavy atom. The minimum absolute atomic E-state index is 0.607. The van der Waals surface area contributed by atoms with Crippen molar-refractivity contribution in [3.63, 3.8) is 0 Å². The normalized spacial score (nSPS) is 11.3. The molecule has 0 radical (unpaired) electrons. The van der Waals surface area contributed by atoms with Crippen LogP contribution in [-0.2, 0) is 13.1 Å². The number of nitrogens with zero attached hydrogens (tertiary/aromatic N) is 3. The quantitative estimate of drug-likeness (QED) is 0.776. The molecule has 3 rings (SSSR count). The van der Waals surface area contributed by atoms with Crippen molar-refractivity contribution in [2.24, 2.45) is 0 Å². The van der Waals surface area contributed by atoms with E-state index < -0.39 is 0 Å². The summed E-state index contributed by atoms with van der Waals surface area (Å²) < 4.78 is 7.27. The predicted octanol–water partition coefficient (Wildman–Crippen LogP) is 2.10. The lowest BCUT2D eigenvalue weighted by Gasteiger charge is -2.03. The Morgan fingerprint density at radius 2 is 2.21 bits per heavy atom. The molecule has 0 spiro atoms. The standard InChI is InChI=1S/C14H16N4O/c1-10-16-14(19-17-10)9-18-6-5-12-7-11(8-15-2)3-4-13(12)18/h3-7,15H,8-9H2,1-2H3. The van der Waals surface area contributed by atoms with Crippen molar-refractivity contribution in [3.8, 4) is 0 Å². The molecule has 0 aliphatic carbocycles. The molecule has 0 bridgehead atoms. The van der Waals surface area contributed by atoms with Crippen LogP contribution in [0.3, 0.4) is 0 Å². The van der Waals surface area contributed by atoms with Crippen LogP contribution in [0.15, 0.2) is 35.0 Å². The molecular formula is C14H16N4O. The predicted molar refractivity (Wildman–Crippen MR) is 72.8 cm³/mol. The summed E-state index contributed by atoms with van der Waals surface area (Å²) in [5, 5.41) is 8.19. The third kappa shape index (κ3) is 2.37. The zero-order valence-electron chi connectivity index (χ0n) is 11.1. The van der Waals surface area contributed by atoms with Crippen molar-refractivity contribution < 1.29 is 4.52 Å². The molecule has 1 N–H and O–H groups in total. The average molecular weight is 256 g/mol. The average Bonchev–Trinajstić information content (AvgIpc) is 2.97. The van der Waals surface area contributed by atoms with E-state index in [9.17, 15) is 0 Å². The zero-order valence-corrected chi connectivity index (χ0v) is 11.1. The summed E-state index contributed by atoms with van der Waals surface area (Å²) in [7, 11) is 1.95. The van der Waals surface area contributed by atoms with Gasteiger partial charge in [-0.2, -0.15) is 4.98 Å². The highest BCUT2D eigenvalue weighted by Crippen LogP contribution is 2.18. The monoisotopic (exact) mass is 256 g/mol. The van der Waals surface area contributed by atoms with Crippen LogP contribution in [0.5, 0.6) is 0 Å². The number of rotatable bonds is 4. The first kappa shape index (κ1) is 11.9. The van der Waals surface area contributed by atoms with E-state index >= 15 is 0 Å². The Labute approximate surface area is 111 Å². The fourth-order valence-electron chi connectivity index (χ4n) is 2.25. The van der Waals surface area contributed by atoms with E-state index in [1.807, 2.05) is 20.2 Å². The lowest BCUT2D eigenvalue weighted by Crippen LogP contribution is -2.04. The van der Waals surface area contributed by atoms with Crippen LogP contribution < -0.4 is 5.32 Å². The smallest absolute Gasteiger partial charge is 0.246 e. The van der Waals surface area contributed by atoms with Crippen molar-refractivity contribution in [1.29, 1.82) is 0 Å². The van der Waals surface area contributed by atoms with Gasteiger partial charge >= 0.3 is 0 Å². The van der Waals surface area contributed by atoms with E-state index in [1.54, 1.807) is 0 Å². The van der Waals surface area contributed by atoms with Gasteiger partial charge in [0.25, 0.3) is 0 Å². The molecule has 0 aliphatic heterocycles. The highest BCUT2D eigenvalue weighted by Gasteiger charge is 2.07. The van der Waals surface area contributed by atoms with E-state index in [0.29, 0.717) is 18.3 Å². The highest BCUT2D eigenvalue weighted by molar-refractivity contribution is 5.80. The van der Waals surface area contributed by atoms with Gasteiger partial charge < -0.3 is 14.4 Å². The van der Waals surface area contributed by atoms with Crippen molar-refractivity contribution in [2.45, 2.75) is 20.0 Å². The van der Waals surface area contributed by atoms with Gasteiger partial charge in [0.05, 0.1) is 0 Å². The summed E-state index contributed by atoms with van der Waals surface area (Å²) in [5.74, 6) is 1.30. The van der Waals surface area contributed by atoms with Crippen LogP contribution in [0.2, 0.25) is 0 Å². The topological polar surface area (TPSA) is 55.9 Å². The molecule has 2 heterocycles. The molecule has 0 amide bonds. The number of benzene rings is 1. The molecule has 0 aliphatic rings. The lowest BCUT2D eigenvalue weighted by molar-refractivity contribution is 0.369. The number of fused-ring (bicyclic) bond motifs is 1. The first-order valence-electron chi connectivity index (χ1n) is 6.28. The first-order valence-corrected chi connectivity index (χ1v) is 6.28. The summed E-state index contributed by atoms with van der Waals surface area (Å²) in [4.78, 5) is 4.23. The molecular weight excluding hydrogens is 240 g/mol. The maximum Gasteiger partial charge on any atom is 0.246 e. The third-order valence-electron chi connectivity index (χ3n) is 3.09. The Morgan fingerprint density at radius 1 is 1.32 bits per heavy atom. The summed E-state index contributed by atoms with van der Waals surface area (Å²) in [6.45, 7) is 3.31. The van der Waals surface area contributed by atoms with Crippen LogP contribution >= 0.6 is 0 Å². The largest absolute Gasteiger partial charge is 0.338 e. The SMILES string of the molecule is CNCc1ccc2c(ccn2Cc2nc(C)no2)c1. The van der Waals surface area contributed by atoms with Crippen molar-refractivity contribution in [1.82, 2.24) is 20.0 Å². The Bertz CT molecular complexity index is 698. The van der Waals surface area contributed by atoms with Gasteiger partial charge in [-0.05, 0) is 43.1 Å². The van der Waals surface area contributed by atoms with E-state index in [1.165, 1.54) is 16.5 Å². The second-order valence-electron chi connectivity index (χ2n) is 4.60.